The van der Waals surface area contributed by atoms with Crippen molar-refractivity contribution in [3.05, 3.63) is 84.3 Å². The molecule has 0 aliphatic carbocycles. The van der Waals surface area contributed by atoms with E-state index >= 15 is 0 Å². The van der Waals surface area contributed by atoms with E-state index in [1.54, 1.807) is 0 Å². The van der Waals surface area contributed by atoms with E-state index < -0.39 is 20.5 Å². The van der Waals surface area contributed by atoms with Gasteiger partial charge in [-0.05, 0) is 40.3 Å². The topological polar surface area (TPSA) is 50.2 Å². The van der Waals surface area contributed by atoms with Crippen LogP contribution in [-0.2, 0) is 30.3 Å². The monoisotopic (exact) mass is 805 g/mol. The Morgan fingerprint density at radius 2 is 1.64 bits per heavy atom. The first-order chi connectivity index (χ1) is 20.3. The largest absolute Gasteiger partial charge is 0.512 e. The van der Waals surface area contributed by atoms with Gasteiger partial charge in [-0.25, -0.2) is 4.39 Å². The maximum Gasteiger partial charge on any atom is 0.189 e. The van der Waals surface area contributed by atoms with E-state index in [9.17, 15) is 14.3 Å². The van der Waals surface area contributed by atoms with Crippen molar-refractivity contribution >= 4 is 61.3 Å². The number of halogens is 1. The van der Waals surface area contributed by atoms with E-state index in [0.29, 0.717) is 0 Å². The summed E-state index contributed by atoms with van der Waals surface area (Å²) in [6.45, 7) is 16.9. The number of nitrogens with zero attached hydrogens (tertiary/aromatic N) is 1. The number of allylic oxidation sites excluding steroid dienone is 2. The van der Waals surface area contributed by atoms with Crippen LogP contribution < -0.4 is 5.19 Å². The summed E-state index contributed by atoms with van der Waals surface area (Å²) in [5.41, 5.74) is 3.54. The molecule has 0 saturated heterocycles. The number of pyridine rings is 1. The van der Waals surface area contributed by atoms with Crippen LogP contribution in [0, 0.1) is 12.0 Å². The molecule has 44 heavy (non-hydrogen) atoms. The van der Waals surface area contributed by atoms with Crippen LogP contribution in [0.15, 0.2) is 72.6 Å². The van der Waals surface area contributed by atoms with Crippen molar-refractivity contribution in [2.75, 3.05) is 6.67 Å². The van der Waals surface area contributed by atoms with Gasteiger partial charge < -0.3 is 5.11 Å². The molecule has 0 amide bonds. The molecule has 2 aromatic heterocycles. The molecule has 5 aromatic rings. The summed E-state index contributed by atoms with van der Waals surface area (Å²) in [7, 11) is -1.45. The maximum atomic E-state index is 11.7. The molecule has 1 N–H and O–H groups in total. The summed E-state index contributed by atoms with van der Waals surface area (Å²) in [6, 6.07) is 23.6. The van der Waals surface area contributed by atoms with Gasteiger partial charge in [-0.15, -0.1) is 40.5 Å². The van der Waals surface area contributed by atoms with Crippen molar-refractivity contribution < 1.29 is 34.4 Å². The van der Waals surface area contributed by atoms with Gasteiger partial charge in [-0.3, -0.25) is 9.78 Å². The Morgan fingerprint density at radius 1 is 1.00 bits per heavy atom. The Balaban J connectivity index is 0.000000349. The SMILES string of the molecule is CC(C)(C)c1cc(-c2nccc3c2sc2c([Si](C)(C)C)cccc23)[c-]c2ccccc12.CCC(CC)/C(O)=C/C(=O)CF.[Ir]. The molecule has 5 rings (SSSR count). The standard InChI is InChI=1S/C28H28NSSi.C9H15FO2.Ir/c1-28(2,3)23-17-19(16-18-10-7-8-11-20(18)23)25-27-22(14-15-29-25)21-12-9-13-24(26(21)30-27)31(4,5)6;1-3-7(4-2)9(12)5-8(11)6-10;/h7-15,17H,1-6H3;5,7,12H,3-4,6H2,1-2H3;/q-1;;/b;9-5-;. The van der Waals surface area contributed by atoms with E-state index in [-0.39, 0.29) is 37.2 Å². The van der Waals surface area contributed by atoms with Crippen LogP contribution in [0.2, 0.25) is 19.6 Å². The van der Waals surface area contributed by atoms with Crippen LogP contribution in [0.25, 0.3) is 42.2 Å². The van der Waals surface area contributed by atoms with E-state index in [2.05, 4.69) is 101 Å². The third-order valence-corrected chi connectivity index (χ3v) is 11.4. The molecule has 235 valence electrons. The first kappa shape index (κ1) is 35.8. The van der Waals surface area contributed by atoms with E-state index in [1.165, 1.54) is 36.3 Å². The number of aliphatic hydroxyl groups excluding tert-OH is 1. The first-order valence-electron chi connectivity index (χ1n) is 15.1. The second-order valence-electron chi connectivity index (χ2n) is 13.1. The van der Waals surface area contributed by atoms with E-state index in [0.717, 1.165) is 35.6 Å². The number of hydrogen-bond donors (Lipinski definition) is 1. The minimum absolute atomic E-state index is 0. The van der Waals surface area contributed by atoms with Crippen LogP contribution in [0.1, 0.15) is 53.0 Å². The second kappa shape index (κ2) is 14.6. The van der Waals surface area contributed by atoms with Crippen LogP contribution in [-0.4, -0.2) is 30.6 Å². The molecule has 0 fully saturated rings. The summed E-state index contributed by atoms with van der Waals surface area (Å²) >= 11 is 1.91. The summed E-state index contributed by atoms with van der Waals surface area (Å²) in [4.78, 5) is 15.4. The molecule has 3 aromatic carbocycles. The Hall–Kier alpha value is -2.70. The molecule has 0 aliphatic rings. The molecule has 0 aliphatic heterocycles. The Labute approximate surface area is 280 Å². The fourth-order valence-electron chi connectivity index (χ4n) is 5.51. The van der Waals surface area contributed by atoms with Gasteiger partial charge in [0.25, 0.3) is 0 Å². The number of alkyl halides is 1. The molecule has 0 spiro atoms. The number of fused-ring (bicyclic) bond motifs is 4. The molecule has 0 bridgehead atoms. The minimum atomic E-state index is -1.45. The zero-order valence-electron chi connectivity index (χ0n) is 27.0. The molecule has 3 nitrogen and oxygen atoms in total. The number of aromatic nitrogens is 1. The smallest absolute Gasteiger partial charge is 0.189 e. The summed E-state index contributed by atoms with van der Waals surface area (Å²) in [6.07, 6.45) is 4.47. The second-order valence-corrected chi connectivity index (χ2v) is 19.2. The number of benzene rings is 3. The van der Waals surface area contributed by atoms with Gasteiger partial charge in [0.2, 0.25) is 0 Å². The van der Waals surface area contributed by atoms with Crippen LogP contribution in [0.4, 0.5) is 4.39 Å². The van der Waals surface area contributed by atoms with Gasteiger partial charge in [-0.1, -0.05) is 102 Å². The summed E-state index contributed by atoms with van der Waals surface area (Å²) < 4.78 is 14.4. The Morgan fingerprint density at radius 3 is 2.25 bits per heavy atom. The molecule has 0 saturated carbocycles. The zero-order chi connectivity index (χ0) is 31.5. The first-order valence-corrected chi connectivity index (χ1v) is 19.4. The number of hydrogen-bond acceptors (Lipinski definition) is 4. The van der Waals surface area contributed by atoms with Crippen molar-refractivity contribution in [3.8, 4) is 11.3 Å². The number of aliphatic hydroxyl groups is 1. The minimum Gasteiger partial charge on any atom is -0.512 e. The number of ketones is 1. The molecular formula is C37H43FIrNO2SSi-. The number of thiophene rings is 1. The van der Waals surface area contributed by atoms with Gasteiger partial charge in [0.05, 0.1) is 13.8 Å². The number of carbonyl (C=O) groups is 1. The molecule has 2 heterocycles. The third kappa shape index (κ3) is 7.74. The van der Waals surface area contributed by atoms with Gasteiger partial charge >= 0.3 is 0 Å². The van der Waals surface area contributed by atoms with E-state index in [1.807, 2.05) is 31.4 Å². The molecular weight excluding hydrogens is 762 g/mol. The Kier molecular flexibility index (Phi) is 11.9. The molecule has 1 radical (unpaired) electrons. The molecule has 7 heteroatoms. The average molecular weight is 805 g/mol. The molecule has 0 unspecified atom stereocenters. The fraction of sp³-hybridized carbons (Fsp3) is 0.351. The van der Waals surface area contributed by atoms with Crippen molar-refractivity contribution in [2.24, 2.45) is 5.92 Å². The van der Waals surface area contributed by atoms with Gasteiger partial charge in [-0.2, -0.15) is 0 Å². The molecule has 0 atom stereocenters. The van der Waals surface area contributed by atoms with Crippen molar-refractivity contribution in [2.45, 2.75) is 72.5 Å². The fourth-order valence-corrected chi connectivity index (χ4v) is 9.21. The summed E-state index contributed by atoms with van der Waals surface area (Å²) in [5.74, 6) is -0.678. The van der Waals surface area contributed by atoms with Crippen molar-refractivity contribution in [3.63, 3.8) is 0 Å². The zero-order valence-corrected chi connectivity index (χ0v) is 31.2. The maximum absolute atomic E-state index is 11.7. The van der Waals surface area contributed by atoms with Gasteiger partial charge in [0.1, 0.15) is 0 Å². The summed E-state index contributed by atoms with van der Waals surface area (Å²) in [5, 5.41) is 15.9. The van der Waals surface area contributed by atoms with Gasteiger partial charge in [0, 0.05) is 53.4 Å². The van der Waals surface area contributed by atoms with Crippen molar-refractivity contribution in [1.82, 2.24) is 4.98 Å². The Bertz CT molecular complexity index is 1800. The average Bonchev–Trinajstić information content (AvgIpc) is 3.35. The van der Waals surface area contributed by atoms with Crippen LogP contribution in [0.5, 0.6) is 0 Å². The predicted octanol–water partition coefficient (Wildman–Crippen LogP) is 10.3. The quantitative estimate of drug-likeness (QED) is 0.0772. The normalized spacial score (nSPS) is 12.4. The van der Waals surface area contributed by atoms with Crippen LogP contribution >= 0.6 is 11.3 Å². The van der Waals surface area contributed by atoms with Crippen LogP contribution in [0.3, 0.4) is 0 Å². The number of rotatable bonds is 7. The van der Waals surface area contributed by atoms with Gasteiger partial charge in [0.15, 0.2) is 12.5 Å². The third-order valence-electron chi connectivity index (χ3n) is 7.90. The number of carbonyl (C=O) groups excluding carboxylic acids is 1. The van der Waals surface area contributed by atoms with E-state index in [4.69, 9.17) is 4.98 Å². The van der Waals surface area contributed by atoms with Crippen molar-refractivity contribution in [1.29, 1.82) is 0 Å². The predicted molar refractivity (Wildman–Crippen MR) is 186 cm³/mol.